The average Bonchev–Trinajstić information content (AvgIpc) is 3.29. The number of aliphatic hydroxyl groups is 1. The molecule has 164 valence electrons. The van der Waals surface area contributed by atoms with E-state index in [1.165, 1.54) is 7.11 Å². The maximum absolute atomic E-state index is 13.5. The van der Waals surface area contributed by atoms with Crippen molar-refractivity contribution in [2.24, 2.45) is 5.92 Å². The lowest BCUT2D eigenvalue weighted by atomic mass is 9.79. The van der Waals surface area contributed by atoms with Crippen molar-refractivity contribution in [3.8, 4) is 11.5 Å². The zero-order chi connectivity index (χ0) is 22.3. The summed E-state index contributed by atoms with van der Waals surface area (Å²) in [6, 6.07) is 10.3. The highest BCUT2D eigenvalue weighted by molar-refractivity contribution is 6.11. The number of aryl methyl sites for hydroxylation is 1. The summed E-state index contributed by atoms with van der Waals surface area (Å²) >= 11 is 0. The first-order valence-corrected chi connectivity index (χ1v) is 10.2. The van der Waals surface area contributed by atoms with Gasteiger partial charge in [0, 0.05) is 23.4 Å². The standard InChI is InChI=1S/C23H27N3O5/c1-12-6-5-7-15-20(12)25-22(29)23(15)16(11-17(26-23)13(2)27)21(28)24-18-10-14(30-3)8-9-19(18)31-4/h5-10,13,16-17,26-27H,11H2,1-4H3,(H,24,28)(H,25,29)/t13-,16-,17-,23+/m1/s1. The summed E-state index contributed by atoms with van der Waals surface area (Å²) in [5.74, 6) is -0.333. The van der Waals surface area contributed by atoms with Crippen molar-refractivity contribution in [1.82, 2.24) is 5.32 Å². The number of carbonyl (C=O) groups excluding carboxylic acids is 2. The molecule has 8 nitrogen and oxygen atoms in total. The van der Waals surface area contributed by atoms with Gasteiger partial charge in [0.2, 0.25) is 11.8 Å². The minimum Gasteiger partial charge on any atom is -0.497 e. The molecule has 31 heavy (non-hydrogen) atoms. The van der Waals surface area contributed by atoms with Gasteiger partial charge in [-0.05, 0) is 38.0 Å². The molecule has 2 aromatic carbocycles. The van der Waals surface area contributed by atoms with Crippen LogP contribution in [-0.4, -0.2) is 43.3 Å². The molecule has 4 rings (SSSR count). The van der Waals surface area contributed by atoms with E-state index in [4.69, 9.17) is 9.47 Å². The predicted octanol–water partition coefficient (Wildman–Crippen LogP) is 2.16. The summed E-state index contributed by atoms with van der Waals surface area (Å²) in [4.78, 5) is 26.8. The molecule has 2 amide bonds. The summed E-state index contributed by atoms with van der Waals surface area (Å²) in [5.41, 5.74) is 1.53. The van der Waals surface area contributed by atoms with E-state index in [0.29, 0.717) is 29.3 Å². The molecule has 1 spiro atoms. The van der Waals surface area contributed by atoms with Crippen LogP contribution in [0.25, 0.3) is 0 Å². The van der Waals surface area contributed by atoms with Gasteiger partial charge in [0.25, 0.3) is 0 Å². The lowest BCUT2D eigenvalue weighted by Gasteiger charge is -2.29. The van der Waals surface area contributed by atoms with Crippen LogP contribution >= 0.6 is 0 Å². The lowest BCUT2D eigenvalue weighted by Crippen LogP contribution is -2.53. The fourth-order valence-electron chi connectivity index (χ4n) is 4.62. The second kappa shape index (κ2) is 7.86. The fourth-order valence-corrected chi connectivity index (χ4v) is 4.62. The summed E-state index contributed by atoms with van der Waals surface area (Å²) in [7, 11) is 3.06. The van der Waals surface area contributed by atoms with Crippen LogP contribution in [0.1, 0.15) is 24.5 Å². The molecule has 4 atom stereocenters. The first-order valence-electron chi connectivity index (χ1n) is 10.2. The Bertz CT molecular complexity index is 1040. The molecule has 2 aliphatic rings. The minimum absolute atomic E-state index is 0.294. The zero-order valence-corrected chi connectivity index (χ0v) is 18.0. The molecule has 0 saturated carbocycles. The Morgan fingerprint density at radius 1 is 1.26 bits per heavy atom. The van der Waals surface area contributed by atoms with Crippen LogP contribution in [0.15, 0.2) is 36.4 Å². The van der Waals surface area contributed by atoms with Crippen molar-refractivity contribution in [2.75, 3.05) is 24.9 Å². The number of amides is 2. The van der Waals surface area contributed by atoms with Crippen LogP contribution in [0, 0.1) is 12.8 Å². The van der Waals surface area contributed by atoms with Crippen molar-refractivity contribution >= 4 is 23.2 Å². The van der Waals surface area contributed by atoms with Gasteiger partial charge in [-0.25, -0.2) is 0 Å². The zero-order valence-electron chi connectivity index (χ0n) is 18.0. The number of aliphatic hydroxyl groups excluding tert-OH is 1. The monoisotopic (exact) mass is 425 g/mol. The van der Waals surface area contributed by atoms with E-state index in [2.05, 4.69) is 16.0 Å². The van der Waals surface area contributed by atoms with Gasteiger partial charge in [-0.2, -0.15) is 0 Å². The number of nitrogens with one attached hydrogen (secondary N) is 3. The number of carbonyl (C=O) groups is 2. The first kappa shape index (κ1) is 21.1. The van der Waals surface area contributed by atoms with Gasteiger partial charge in [0.05, 0.1) is 31.9 Å². The second-order valence-corrected chi connectivity index (χ2v) is 8.09. The van der Waals surface area contributed by atoms with E-state index < -0.39 is 23.6 Å². The van der Waals surface area contributed by atoms with Crippen LogP contribution in [-0.2, 0) is 15.1 Å². The molecular weight excluding hydrogens is 398 g/mol. The molecule has 2 aromatic rings. The van der Waals surface area contributed by atoms with E-state index in [1.54, 1.807) is 32.2 Å². The summed E-state index contributed by atoms with van der Waals surface area (Å²) in [6.45, 7) is 3.57. The second-order valence-electron chi connectivity index (χ2n) is 8.09. The van der Waals surface area contributed by atoms with E-state index in [1.807, 2.05) is 25.1 Å². The van der Waals surface area contributed by atoms with E-state index in [0.717, 1.165) is 11.1 Å². The first-order chi connectivity index (χ1) is 14.8. The molecule has 2 heterocycles. The number of methoxy groups -OCH3 is 2. The van der Waals surface area contributed by atoms with E-state index in [-0.39, 0.29) is 11.8 Å². The van der Waals surface area contributed by atoms with Gasteiger partial charge < -0.3 is 25.2 Å². The van der Waals surface area contributed by atoms with Gasteiger partial charge in [0.1, 0.15) is 17.0 Å². The van der Waals surface area contributed by atoms with Gasteiger partial charge in [-0.1, -0.05) is 18.2 Å². The number of para-hydroxylation sites is 1. The number of fused-ring (bicyclic) bond motifs is 2. The van der Waals surface area contributed by atoms with E-state index >= 15 is 0 Å². The van der Waals surface area contributed by atoms with Crippen molar-refractivity contribution in [2.45, 2.75) is 38.0 Å². The van der Waals surface area contributed by atoms with Gasteiger partial charge in [-0.15, -0.1) is 0 Å². The Morgan fingerprint density at radius 2 is 2.03 bits per heavy atom. The SMILES string of the molecule is COc1ccc(OC)c(NC(=O)[C@H]2C[C@H]([C@@H](C)O)N[C@]23C(=O)Nc2c(C)cccc23)c1. The molecule has 2 aliphatic heterocycles. The van der Waals surface area contributed by atoms with Crippen LogP contribution in [0.5, 0.6) is 11.5 Å². The largest absolute Gasteiger partial charge is 0.497 e. The normalized spacial score (nSPS) is 25.1. The molecule has 0 aromatic heterocycles. The number of ether oxygens (including phenoxy) is 2. The minimum atomic E-state index is -1.26. The third-order valence-corrected chi connectivity index (χ3v) is 6.28. The molecule has 0 unspecified atom stereocenters. The van der Waals surface area contributed by atoms with Gasteiger partial charge >= 0.3 is 0 Å². The quantitative estimate of drug-likeness (QED) is 0.585. The highest BCUT2D eigenvalue weighted by Crippen LogP contribution is 2.48. The molecule has 0 bridgehead atoms. The molecular formula is C23H27N3O5. The number of anilines is 2. The topological polar surface area (TPSA) is 109 Å². The van der Waals surface area contributed by atoms with Gasteiger partial charge in [-0.3, -0.25) is 14.9 Å². The third-order valence-electron chi connectivity index (χ3n) is 6.28. The summed E-state index contributed by atoms with van der Waals surface area (Å²) in [5, 5.41) is 19.4. The Kier molecular flexibility index (Phi) is 5.36. The van der Waals surface area contributed by atoms with Crippen molar-refractivity contribution < 1.29 is 24.2 Å². The molecule has 0 radical (unpaired) electrons. The summed E-state index contributed by atoms with van der Waals surface area (Å²) in [6.07, 6.45) is -0.431. The van der Waals surface area contributed by atoms with Gasteiger partial charge in [0.15, 0.2) is 0 Å². The van der Waals surface area contributed by atoms with Crippen molar-refractivity contribution in [3.63, 3.8) is 0 Å². The lowest BCUT2D eigenvalue weighted by molar-refractivity contribution is -0.130. The molecule has 8 heteroatoms. The highest BCUT2D eigenvalue weighted by Gasteiger charge is 2.60. The molecule has 1 fully saturated rings. The Morgan fingerprint density at radius 3 is 2.71 bits per heavy atom. The molecule has 0 aliphatic carbocycles. The molecule has 1 saturated heterocycles. The van der Waals surface area contributed by atoms with Crippen LogP contribution < -0.4 is 25.4 Å². The average molecular weight is 425 g/mol. The van der Waals surface area contributed by atoms with Crippen LogP contribution in [0.3, 0.4) is 0 Å². The van der Waals surface area contributed by atoms with Crippen molar-refractivity contribution in [3.05, 3.63) is 47.5 Å². The van der Waals surface area contributed by atoms with E-state index in [9.17, 15) is 14.7 Å². The van der Waals surface area contributed by atoms with Crippen LogP contribution in [0.4, 0.5) is 11.4 Å². The Balaban J connectivity index is 1.76. The summed E-state index contributed by atoms with van der Waals surface area (Å²) < 4.78 is 10.6. The predicted molar refractivity (Wildman–Crippen MR) is 116 cm³/mol. The molecule has 4 N–H and O–H groups in total. The number of rotatable bonds is 5. The fraction of sp³-hybridized carbons (Fsp3) is 0.391. The Labute approximate surface area is 180 Å². The smallest absolute Gasteiger partial charge is 0.250 e. The highest BCUT2D eigenvalue weighted by atomic mass is 16.5. The third kappa shape index (κ3) is 3.32. The number of hydrogen-bond acceptors (Lipinski definition) is 6. The number of hydrogen-bond donors (Lipinski definition) is 4. The Hall–Kier alpha value is -3.10. The van der Waals surface area contributed by atoms with Crippen LogP contribution in [0.2, 0.25) is 0 Å². The number of benzene rings is 2. The maximum atomic E-state index is 13.5. The maximum Gasteiger partial charge on any atom is 0.250 e. The van der Waals surface area contributed by atoms with Crippen molar-refractivity contribution in [1.29, 1.82) is 0 Å².